The van der Waals surface area contributed by atoms with Crippen LogP contribution in [0.5, 0.6) is 0 Å². The first-order valence-electron chi connectivity index (χ1n) is 8.22. The van der Waals surface area contributed by atoms with Gasteiger partial charge < -0.3 is 9.88 Å². The predicted molar refractivity (Wildman–Crippen MR) is 90.2 cm³/mol. The standard InChI is InChI=1S/C19H24N2O/c1-15-7-8-16-9-10-18(17(16)14-15)20-11-3-5-13-21-12-4-2-6-19(21)22/h2,4,6-8,12,14,18,20H,3,5,9-11,13H2,1H3. The van der Waals surface area contributed by atoms with E-state index in [0.717, 1.165) is 25.9 Å². The predicted octanol–water partition coefficient (Wildman–Crippen LogP) is 3.21. The molecular formula is C19H24N2O. The summed E-state index contributed by atoms with van der Waals surface area (Å²) in [5.41, 5.74) is 4.42. The number of rotatable bonds is 6. The Balaban J connectivity index is 1.44. The van der Waals surface area contributed by atoms with E-state index >= 15 is 0 Å². The normalized spacial score (nSPS) is 16.7. The fourth-order valence-electron chi connectivity index (χ4n) is 3.26. The van der Waals surface area contributed by atoms with Crippen molar-refractivity contribution in [2.75, 3.05) is 6.54 Å². The minimum atomic E-state index is 0.0932. The van der Waals surface area contributed by atoms with Crippen molar-refractivity contribution in [2.45, 2.75) is 45.2 Å². The van der Waals surface area contributed by atoms with Gasteiger partial charge in [0.05, 0.1) is 0 Å². The lowest BCUT2D eigenvalue weighted by Gasteiger charge is -2.14. The Bertz CT molecular complexity index is 690. The van der Waals surface area contributed by atoms with Gasteiger partial charge in [-0.2, -0.15) is 0 Å². The summed E-state index contributed by atoms with van der Waals surface area (Å²) in [4.78, 5) is 11.6. The fourth-order valence-corrected chi connectivity index (χ4v) is 3.26. The maximum absolute atomic E-state index is 11.6. The largest absolute Gasteiger partial charge is 0.316 e. The molecule has 1 atom stereocenters. The highest BCUT2D eigenvalue weighted by molar-refractivity contribution is 5.37. The van der Waals surface area contributed by atoms with Crippen molar-refractivity contribution in [2.24, 2.45) is 0 Å². The van der Waals surface area contributed by atoms with Crippen LogP contribution in [0.1, 0.15) is 42.0 Å². The SMILES string of the molecule is Cc1ccc2c(c1)C(NCCCCn1ccccc1=O)CC2. The van der Waals surface area contributed by atoms with Gasteiger partial charge in [-0.1, -0.05) is 29.8 Å². The second kappa shape index (κ2) is 6.93. The summed E-state index contributed by atoms with van der Waals surface area (Å²) in [6.07, 6.45) is 6.39. The maximum atomic E-state index is 11.6. The van der Waals surface area contributed by atoms with Crippen LogP contribution in [0, 0.1) is 6.92 Å². The van der Waals surface area contributed by atoms with Gasteiger partial charge in [0.1, 0.15) is 0 Å². The monoisotopic (exact) mass is 296 g/mol. The molecule has 0 amide bonds. The summed E-state index contributed by atoms with van der Waals surface area (Å²) >= 11 is 0. The second-order valence-corrected chi connectivity index (χ2v) is 6.19. The molecule has 1 unspecified atom stereocenters. The summed E-state index contributed by atoms with van der Waals surface area (Å²) in [5, 5.41) is 3.68. The third kappa shape index (κ3) is 3.47. The molecule has 1 aliphatic carbocycles. The Labute approximate surface area is 132 Å². The zero-order valence-corrected chi connectivity index (χ0v) is 13.2. The number of aromatic nitrogens is 1. The molecule has 1 aromatic carbocycles. The average molecular weight is 296 g/mol. The lowest BCUT2D eigenvalue weighted by molar-refractivity contribution is 0.495. The molecular weight excluding hydrogens is 272 g/mol. The number of nitrogens with zero attached hydrogens (tertiary/aromatic N) is 1. The quantitative estimate of drug-likeness (QED) is 0.831. The number of nitrogens with one attached hydrogen (secondary N) is 1. The number of fused-ring (bicyclic) bond motifs is 1. The molecule has 0 aliphatic heterocycles. The highest BCUT2D eigenvalue weighted by Crippen LogP contribution is 2.31. The molecule has 0 bridgehead atoms. The molecule has 1 aliphatic rings. The molecule has 0 saturated carbocycles. The van der Waals surface area contributed by atoms with Crippen molar-refractivity contribution >= 4 is 0 Å². The molecule has 2 aromatic rings. The fraction of sp³-hybridized carbons (Fsp3) is 0.421. The van der Waals surface area contributed by atoms with Crippen molar-refractivity contribution in [1.82, 2.24) is 9.88 Å². The summed E-state index contributed by atoms with van der Waals surface area (Å²) in [7, 11) is 0. The average Bonchev–Trinajstić information content (AvgIpc) is 2.91. The van der Waals surface area contributed by atoms with Crippen molar-refractivity contribution in [3.05, 3.63) is 69.6 Å². The van der Waals surface area contributed by atoms with Gasteiger partial charge in [-0.25, -0.2) is 0 Å². The van der Waals surface area contributed by atoms with Crippen LogP contribution in [0.15, 0.2) is 47.4 Å². The van der Waals surface area contributed by atoms with Crippen LogP contribution < -0.4 is 10.9 Å². The first-order valence-corrected chi connectivity index (χ1v) is 8.22. The number of unbranched alkanes of at least 4 members (excludes halogenated alkanes) is 1. The molecule has 0 radical (unpaired) electrons. The van der Waals surface area contributed by atoms with E-state index in [2.05, 4.69) is 30.4 Å². The van der Waals surface area contributed by atoms with Gasteiger partial charge in [0.15, 0.2) is 0 Å². The molecule has 1 N–H and O–H groups in total. The zero-order valence-electron chi connectivity index (χ0n) is 13.2. The Morgan fingerprint density at radius 3 is 3.00 bits per heavy atom. The Morgan fingerprint density at radius 1 is 1.23 bits per heavy atom. The number of hydrogen-bond acceptors (Lipinski definition) is 2. The van der Waals surface area contributed by atoms with Crippen molar-refractivity contribution < 1.29 is 0 Å². The van der Waals surface area contributed by atoms with E-state index in [1.807, 2.05) is 12.3 Å². The topological polar surface area (TPSA) is 34.0 Å². The molecule has 1 heterocycles. The Kier molecular flexibility index (Phi) is 4.74. The van der Waals surface area contributed by atoms with Crippen LogP contribution >= 0.6 is 0 Å². The molecule has 0 saturated heterocycles. The summed E-state index contributed by atoms with van der Waals surface area (Å²) < 4.78 is 1.79. The van der Waals surface area contributed by atoms with Gasteiger partial charge in [-0.3, -0.25) is 4.79 Å². The van der Waals surface area contributed by atoms with E-state index in [4.69, 9.17) is 0 Å². The first-order chi connectivity index (χ1) is 10.7. The lowest BCUT2D eigenvalue weighted by atomic mass is 10.0. The molecule has 3 heteroatoms. The number of aryl methyl sites for hydroxylation is 3. The molecule has 3 rings (SSSR count). The van der Waals surface area contributed by atoms with E-state index in [1.165, 1.54) is 29.5 Å². The van der Waals surface area contributed by atoms with Gasteiger partial charge in [0, 0.05) is 24.8 Å². The summed E-state index contributed by atoms with van der Waals surface area (Å²) in [5.74, 6) is 0. The smallest absolute Gasteiger partial charge is 0.250 e. The van der Waals surface area contributed by atoms with Gasteiger partial charge in [0.25, 0.3) is 0 Å². The number of pyridine rings is 1. The minimum absolute atomic E-state index is 0.0932. The zero-order chi connectivity index (χ0) is 15.4. The van der Waals surface area contributed by atoms with Gasteiger partial charge in [-0.05, 0) is 56.3 Å². The number of hydrogen-bond donors (Lipinski definition) is 1. The van der Waals surface area contributed by atoms with Gasteiger partial charge >= 0.3 is 0 Å². The molecule has 116 valence electrons. The lowest BCUT2D eigenvalue weighted by Crippen LogP contribution is -2.22. The van der Waals surface area contributed by atoms with Crippen LogP contribution in [-0.2, 0) is 13.0 Å². The Morgan fingerprint density at radius 2 is 2.14 bits per heavy atom. The van der Waals surface area contributed by atoms with Gasteiger partial charge in [-0.15, -0.1) is 0 Å². The summed E-state index contributed by atoms with van der Waals surface area (Å²) in [6.45, 7) is 3.98. The third-order valence-corrected chi connectivity index (χ3v) is 4.49. The van der Waals surface area contributed by atoms with E-state index in [-0.39, 0.29) is 5.56 Å². The van der Waals surface area contributed by atoms with E-state index < -0.39 is 0 Å². The van der Waals surface area contributed by atoms with Crippen molar-refractivity contribution in [3.63, 3.8) is 0 Å². The van der Waals surface area contributed by atoms with E-state index in [1.54, 1.807) is 16.7 Å². The molecule has 22 heavy (non-hydrogen) atoms. The van der Waals surface area contributed by atoms with Crippen LogP contribution in [-0.4, -0.2) is 11.1 Å². The molecule has 3 nitrogen and oxygen atoms in total. The molecule has 0 spiro atoms. The van der Waals surface area contributed by atoms with E-state index in [0.29, 0.717) is 6.04 Å². The highest BCUT2D eigenvalue weighted by Gasteiger charge is 2.21. The van der Waals surface area contributed by atoms with Crippen LogP contribution in [0.4, 0.5) is 0 Å². The second-order valence-electron chi connectivity index (χ2n) is 6.19. The van der Waals surface area contributed by atoms with Crippen molar-refractivity contribution in [1.29, 1.82) is 0 Å². The number of benzene rings is 1. The molecule has 0 fully saturated rings. The maximum Gasteiger partial charge on any atom is 0.250 e. The Hall–Kier alpha value is -1.87. The van der Waals surface area contributed by atoms with Crippen molar-refractivity contribution in [3.8, 4) is 0 Å². The van der Waals surface area contributed by atoms with Crippen LogP contribution in [0.3, 0.4) is 0 Å². The van der Waals surface area contributed by atoms with Crippen LogP contribution in [0.2, 0.25) is 0 Å². The minimum Gasteiger partial charge on any atom is -0.316 e. The van der Waals surface area contributed by atoms with Gasteiger partial charge in [0.2, 0.25) is 5.56 Å². The summed E-state index contributed by atoms with van der Waals surface area (Å²) in [6, 6.07) is 12.6. The molecule has 1 aromatic heterocycles. The first kappa shape index (κ1) is 15.0. The van der Waals surface area contributed by atoms with E-state index in [9.17, 15) is 4.79 Å². The van der Waals surface area contributed by atoms with Crippen LogP contribution in [0.25, 0.3) is 0 Å². The third-order valence-electron chi connectivity index (χ3n) is 4.49. The highest BCUT2D eigenvalue weighted by atomic mass is 16.1.